The van der Waals surface area contributed by atoms with Gasteiger partial charge in [0.25, 0.3) is 0 Å². The first-order valence-corrected chi connectivity index (χ1v) is 23.4. The Kier molecular flexibility index (Phi) is 19.9. The standard InChI is InChI=1S/C42H70O28/c1-14-3-59-17(28(46)26(14)44)10-66-25-13-65-23(35(53)39(25)70-42-27(45)16(43)4-68-42)11-63-20-8-61-18(29(47)31(20)49)6-60-19-7-62-21(32(50)30(19)48)9-64-22-5-58-15(2)38(34(22)52)67-12-24-33(51)36(54)37(55)40(69-24)41(56)57/h14-40,42-55H,3-13H2,1-2H3,(H,56,57). The lowest BCUT2D eigenvalue weighted by molar-refractivity contribution is -0.285. The Bertz CT molecular complexity index is 1620. The molecule has 0 aromatic heterocycles. The van der Waals surface area contributed by atoms with E-state index in [4.69, 9.17) is 61.6 Å². The Morgan fingerprint density at radius 1 is 0.414 bits per heavy atom. The number of carboxylic acids is 1. The molecule has 28 atom stereocenters. The summed E-state index contributed by atoms with van der Waals surface area (Å²) in [5.74, 6) is -1.88. The van der Waals surface area contributed by atoms with Gasteiger partial charge in [-0.1, -0.05) is 6.92 Å². The molecule has 70 heavy (non-hydrogen) atoms. The van der Waals surface area contributed by atoms with Crippen LogP contribution in [0.2, 0.25) is 0 Å². The van der Waals surface area contributed by atoms with E-state index in [0.29, 0.717) is 0 Å². The fraction of sp³-hybridized carbons (Fsp3) is 0.976. The molecule has 0 spiro atoms. The van der Waals surface area contributed by atoms with Crippen molar-refractivity contribution in [1.82, 2.24) is 0 Å². The minimum Gasteiger partial charge on any atom is -0.479 e. The van der Waals surface area contributed by atoms with Crippen LogP contribution in [0, 0.1) is 5.92 Å². The van der Waals surface area contributed by atoms with Crippen LogP contribution in [0.1, 0.15) is 13.8 Å². The van der Waals surface area contributed by atoms with Crippen molar-refractivity contribution in [2.24, 2.45) is 5.92 Å². The summed E-state index contributed by atoms with van der Waals surface area (Å²) < 4.78 is 74.2. The van der Waals surface area contributed by atoms with Crippen molar-refractivity contribution in [3.8, 4) is 0 Å². The van der Waals surface area contributed by atoms with Gasteiger partial charge in [0.05, 0.1) is 84.9 Å². The van der Waals surface area contributed by atoms with Crippen LogP contribution in [0.4, 0.5) is 0 Å². The van der Waals surface area contributed by atoms with Gasteiger partial charge in [0.1, 0.15) is 140 Å². The van der Waals surface area contributed by atoms with E-state index >= 15 is 0 Å². The lowest BCUT2D eigenvalue weighted by Gasteiger charge is -2.43. The number of ether oxygens (including phenoxy) is 13. The van der Waals surface area contributed by atoms with Crippen molar-refractivity contribution < 1.29 is 138 Å². The van der Waals surface area contributed by atoms with Crippen LogP contribution < -0.4 is 0 Å². The van der Waals surface area contributed by atoms with Crippen LogP contribution in [-0.2, 0) is 66.4 Å². The lowest BCUT2D eigenvalue weighted by Crippen LogP contribution is -2.62. The summed E-state index contributed by atoms with van der Waals surface area (Å²) in [6.45, 7) is 0.584. The maximum Gasteiger partial charge on any atom is 0.335 e. The van der Waals surface area contributed by atoms with Crippen molar-refractivity contribution in [2.75, 3.05) is 72.7 Å². The molecular weight excluding hydrogens is 952 g/mol. The van der Waals surface area contributed by atoms with Gasteiger partial charge in [-0.05, 0) is 6.92 Å². The Labute approximate surface area is 400 Å². The van der Waals surface area contributed by atoms with Gasteiger partial charge in [-0.25, -0.2) is 4.79 Å². The molecule has 7 rings (SSSR count). The van der Waals surface area contributed by atoms with E-state index in [1.54, 1.807) is 13.8 Å². The summed E-state index contributed by atoms with van der Waals surface area (Å²) in [7, 11) is 0. The molecule has 7 heterocycles. The van der Waals surface area contributed by atoms with Crippen molar-refractivity contribution in [3.63, 3.8) is 0 Å². The third-order valence-electron chi connectivity index (χ3n) is 14.0. The summed E-state index contributed by atoms with van der Waals surface area (Å²) in [4.78, 5) is 11.5. The van der Waals surface area contributed by atoms with Gasteiger partial charge < -0.3 is 133 Å². The lowest BCUT2D eigenvalue weighted by atomic mass is 9.94. The topological polar surface area (TPSA) is 420 Å². The highest BCUT2D eigenvalue weighted by Crippen LogP contribution is 2.31. The van der Waals surface area contributed by atoms with Gasteiger partial charge >= 0.3 is 5.97 Å². The molecule has 14 N–H and O–H groups in total. The summed E-state index contributed by atoms with van der Waals surface area (Å²) >= 11 is 0. The third kappa shape index (κ3) is 12.7. The number of hydrogen-bond donors (Lipinski definition) is 14. The molecule has 0 aliphatic carbocycles. The summed E-state index contributed by atoms with van der Waals surface area (Å²) in [6.07, 6.45) is -35.8. The number of aliphatic hydroxyl groups excluding tert-OH is 13. The normalized spacial score (nSPS) is 50.5. The molecule has 28 heteroatoms. The molecule has 0 radical (unpaired) electrons. The molecule has 7 fully saturated rings. The molecule has 0 bridgehead atoms. The molecular formula is C42H70O28. The fourth-order valence-electron chi connectivity index (χ4n) is 9.30. The molecule has 7 aliphatic heterocycles. The van der Waals surface area contributed by atoms with Crippen LogP contribution >= 0.6 is 0 Å². The van der Waals surface area contributed by atoms with E-state index in [9.17, 15) is 76.3 Å². The Morgan fingerprint density at radius 3 is 1.39 bits per heavy atom. The number of carbonyl (C=O) groups is 1. The number of rotatable bonds is 18. The average Bonchev–Trinajstić information content (AvgIpc) is 3.65. The van der Waals surface area contributed by atoms with Gasteiger partial charge in [-0.2, -0.15) is 0 Å². The Hall–Kier alpha value is -1.57. The van der Waals surface area contributed by atoms with Gasteiger partial charge in [0.2, 0.25) is 0 Å². The molecule has 0 aromatic rings. The highest BCUT2D eigenvalue weighted by Gasteiger charge is 2.51. The molecule has 7 aliphatic rings. The number of hydrogen-bond acceptors (Lipinski definition) is 27. The first-order chi connectivity index (χ1) is 33.3. The van der Waals surface area contributed by atoms with Crippen LogP contribution in [0.15, 0.2) is 0 Å². The van der Waals surface area contributed by atoms with Crippen molar-refractivity contribution in [3.05, 3.63) is 0 Å². The molecule has 0 amide bonds. The second-order valence-electron chi connectivity index (χ2n) is 19.0. The second kappa shape index (κ2) is 24.8. The van der Waals surface area contributed by atoms with Gasteiger partial charge in [-0.3, -0.25) is 0 Å². The fourth-order valence-corrected chi connectivity index (χ4v) is 9.30. The zero-order valence-electron chi connectivity index (χ0n) is 38.4. The quantitative estimate of drug-likeness (QED) is 0.0606. The predicted octanol–water partition coefficient (Wildman–Crippen LogP) is -9.15. The van der Waals surface area contributed by atoms with Gasteiger partial charge in [0, 0.05) is 5.92 Å². The van der Waals surface area contributed by atoms with Crippen LogP contribution in [-0.4, -0.2) is 315 Å². The van der Waals surface area contributed by atoms with Crippen LogP contribution in [0.5, 0.6) is 0 Å². The monoisotopic (exact) mass is 1020 g/mol. The van der Waals surface area contributed by atoms with Crippen LogP contribution in [0.3, 0.4) is 0 Å². The molecule has 0 aromatic carbocycles. The SMILES string of the molecule is CC1COC(COC2COC(COC3COC(COC4COC(COC5COC(C)C(OCC6OC(C(=O)O)C(O)C(O)C6O)C5O)C(O)C4O)C(O)C3O)C(O)C2OC2OCC(O)C2O)C(O)C1O. The minimum absolute atomic E-state index is 0.123. The van der Waals surface area contributed by atoms with Gasteiger partial charge in [-0.15, -0.1) is 0 Å². The predicted molar refractivity (Wildman–Crippen MR) is 221 cm³/mol. The highest BCUT2D eigenvalue weighted by atomic mass is 16.7. The summed E-state index contributed by atoms with van der Waals surface area (Å²) in [5, 5.41) is 147. The Balaban J connectivity index is 0.836. The van der Waals surface area contributed by atoms with E-state index in [-0.39, 0.29) is 72.0 Å². The van der Waals surface area contributed by atoms with Crippen molar-refractivity contribution in [2.45, 2.75) is 179 Å². The van der Waals surface area contributed by atoms with E-state index in [1.165, 1.54) is 0 Å². The number of aliphatic hydroxyl groups is 13. The average molecular weight is 1020 g/mol. The molecule has 7 saturated heterocycles. The first kappa shape index (κ1) is 56.2. The zero-order chi connectivity index (χ0) is 50.7. The minimum atomic E-state index is -1.89. The van der Waals surface area contributed by atoms with Crippen molar-refractivity contribution in [1.29, 1.82) is 0 Å². The van der Waals surface area contributed by atoms with E-state index in [1.807, 2.05) is 0 Å². The summed E-state index contributed by atoms with van der Waals surface area (Å²) in [5.41, 5.74) is 0. The molecule has 0 saturated carbocycles. The number of carboxylic acid groups (broad SMARTS) is 1. The highest BCUT2D eigenvalue weighted by molar-refractivity contribution is 5.73. The maximum atomic E-state index is 11.5. The Morgan fingerprint density at radius 2 is 0.857 bits per heavy atom. The first-order valence-electron chi connectivity index (χ1n) is 23.4. The molecule has 406 valence electrons. The zero-order valence-corrected chi connectivity index (χ0v) is 38.4. The second-order valence-corrected chi connectivity index (χ2v) is 19.0. The summed E-state index contributed by atoms with van der Waals surface area (Å²) in [6, 6.07) is 0. The molecule has 28 nitrogen and oxygen atoms in total. The molecule has 28 unspecified atom stereocenters. The third-order valence-corrected chi connectivity index (χ3v) is 14.0. The largest absolute Gasteiger partial charge is 0.479 e. The smallest absolute Gasteiger partial charge is 0.335 e. The van der Waals surface area contributed by atoms with E-state index < -0.39 is 178 Å². The van der Waals surface area contributed by atoms with Gasteiger partial charge in [0.15, 0.2) is 12.4 Å². The maximum absolute atomic E-state index is 11.5. The van der Waals surface area contributed by atoms with Crippen molar-refractivity contribution >= 4 is 5.97 Å². The number of aliphatic carboxylic acids is 1. The van der Waals surface area contributed by atoms with E-state index in [0.717, 1.165) is 0 Å². The van der Waals surface area contributed by atoms with E-state index in [2.05, 4.69) is 0 Å². The van der Waals surface area contributed by atoms with Crippen LogP contribution in [0.25, 0.3) is 0 Å².